The zero-order valence-corrected chi connectivity index (χ0v) is 18.6. The minimum atomic E-state index is -0.191. The molecule has 0 amide bonds. The molecule has 0 spiro atoms. The SMILES string of the molecule is CCN1CCC(CCN=C(N)N2CCN(c3ccc(F)cc3)CC2)CC1.I. The third kappa shape index (κ3) is 6.48. The predicted octanol–water partition coefficient (Wildman–Crippen LogP) is 3.00. The second-order valence-electron chi connectivity index (χ2n) is 7.36. The Labute approximate surface area is 179 Å². The van der Waals surface area contributed by atoms with Crippen molar-refractivity contribution in [1.82, 2.24) is 9.80 Å². The van der Waals surface area contributed by atoms with Gasteiger partial charge in [0.25, 0.3) is 0 Å². The lowest BCUT2D eigenvalue weighted by Crippen LogP contribution is -2.51. The average Bonchev–Trinajstić information content (AvgIpc) is 2.69. The van der Waals surface area contributed by atoms with Gasteiger partial charge >= 0.3 is 0 Å². The maximum atomic E-state index is 13.1. The number of hydrogen-bond acceptors (Lipinski definition) is 3. The number of benzene rings is 1. The first-order valence-electron chi connectivity index (χ1n) is 9.93. The first kappa shape index (κ1) is 22.2. The highest BCUT2D eigenvalue weighted by Gasteiger charge is 2.20. The van der Waals surface area contributed by atoms with Crippen molar-refractivity contribution in [3.8, 4) is 0 Å². The molecule has 2 aliphatic rings. The maximum absolute atomic E-state index is 13.1. The number of guanidine groups is 1. The van der Waals surface area contributed by atoms with Gasteiger partial charge in [-0.15, -0.1) is 24.0 Å². The summed E-state index contributed by atoms with van der Waals surface area (Å²) in [5.41, 5.74) is 7.28. The molecule has 7 heteroatoms. The molecule has 1 aromatic rings. The van der Waals surface area contributed by atoms with Crippen molar-refractivity contribution in [3.63, 3.8) is 0 Å². The summed E-state index contributed by atoms with van der Waals surface area (Å²) >= 11 is 0. The van der Waals surface area contributed by atoms with E-state index in [4.69, 9.17) is 5.73 Å². The maximum Gasteiger partial charge on any atom is 0.191 e. The van der Waals surface area contributed by atoms with Crippen LogP contribution < -0.4 is 10.6 Å². The molecule has 2 aliphatic heterocycles. The van der Waals surface area contributed by atoms with Crippen molar-refractivity contribution in [2.45, 2.75) is 26.2 Å². The van der Waals surface area contributed by atoms with Gasteiger partial charge in [0, 0.05) is 38.4 Å². The Morgan fingerprint density at radius 1 is 1.07 bits per heavy atom. The molecule has 0 radical (unpaired) electrons. The van der Waals surface area contributed by atoms with Crippen LogP contribution in [0.25, 0.3) is 0 Å². The highest BCUT2D eigenvalue weighted by atomic mass is 127. The Balaban J connectivity index is 0.00000261. The van der Waals surface area contributed by atoms with E-state index in [0.29, 0.717) is 5.96 Å². The minimum absolute atomic E-state index is 0. The van der Waals surface area contributed by atoms with Gasteiger partial charge in [-0.1, -0.05) is 6.92 Å². The third-order valence-electron chi connectivity index (χ3n) is 5.76. The molecule has 152 valence electrons. The monoisotopic (exact) mass is 489 g/mol. The van der Waals surface area contributed by atoms with Gasteiger partial charge in [0.2, 0.25) is 0 Å². The van der Waals surface area contributed by atoms with Crippen LogP contribution in [-0.2, 0) is 0 Å². The standard InChI is InChI=1S/C20H32FN5.HI/c1-2-24-11-8-17(9-12-24)7-10-23-20(22)26-15-13-25(14-16-26)19-5-3-18(21)4-6-19;/h3-6,17H,2,7-16H2,1H3,(H2,22,23);1H. The second kappa shape index (κ2) is 11.0. The van der Waals surface area contributed by atoms with E-state index in [0.717, 1.165) is 50.7 Å². The van der Waals surface area contributed by atoms with Crippen LogP contribution in [0.5, 0.6) is 0 Å². The lowest BCUT2D eigenvalue weighted by atomic mass is 9.94. The number of piperidine rings is 1. The molecule has 5 nitrogen and oxygen atoms in total. The molecule has 2 heterocycles. The molecule has 0 aliphatic carbocycles. The number of piperazine rings is 1. The fourth-order valence-electron chi connectivity index (χ4n) is 3.90. The lowest BCUT2D eigenvalue weighted by Gasteiger charge is -2.36. The molecule has 2 fully saturated rings. The van der Waals surface area contributed by atoms with Crippen molar-refractivity contribution >= 4 is 35.6 Å². The van der Waals surface area contributed by atoms with Crippen LogP contribution in [0.3, 0.4) is 0 Å². The number of anilines is 1. The van der Waals surface area contributed by atoms with Gasteiger partial charge in [-0.3, -0.25) is 4.99 Å². The van der Waals surface area contributed by atoms with Crippen molar-refractivity contribution < 1.29 is 4.39 Å². The Morgan fingerprint density at radius 3 is 2.30 bits per heavy atom. The number of halogens is 2. The Bertz CT molecular complexity index is 579. The largest absolute Gasteiger partial charge is 0.370 e. The normalized spacial score (nSPS) is 19.9. The highest BCUT2D eigenvalue weighted by Crippen LogP contribution is 2.20. The molecule has 2 saturated heterocycles. The smallest absolute Gasteiger partial charge is 0.191 e. The van der Waals surface area contributed by atoms with E-state index in [1.165, 1.54) is 44.6 Å². The summed E-state index contributed by atoms with van der Waals surface area (Å²) < 4.78 is 13.1. The predicted molar refractivity (Wildman–Crippen MR) is 122 cm³/mol. The third-order valence-corrected chi connectivity index (χ3v) is 5.76. The van der Waals surface area contributed by atoms with Crippen molar-refractivity contribution in [1.29, 1.82) is 0 Å². The zero-order valence-electron chi connectivity index (χ0n) is 16.3. The first-order valence-corrected chi connectivity index (χ1v) is 9.93. The molecule has 0 saturated carbocycles. The van der Waals surface area contributed by atoms with Crippen molar-refractivity contribution in [3.05, 3.63) is 30.1 Å². The molecular formula is C20H33FIN5. The number of hydrogen-bond donors (Lipinski definition) is 1. The van der Waals surface area contributed by atoms with Crippen LogP contribution in [0.4, 0.5) is 10.1 Å². The van der Waals surface area contributed by atoms with Crippen LogP contribution in [0.2, 0.25) is 0 Å². The van der Waals surface area contributed by atoms with E-state index in [-0.39, 0.29) is 29.8 Å². The van der Waals surface area contributed by atoms with Gasteiger partial charge in [-0.2, -0.15) is 0 Å². The Kier molecular flexibility index (Phi) is 9.08. The van der Waals surface area contributed by atoms with E-state index in [1.54, 1.807) is 0 Å². The van der Waals surface area contributed by atoms with Crippen LogP contribution in [0.1, 0.15) is 26.2 Å². The van der Waals surface area contributed by atoms with E-state index in [2.05, 4.69) is 26.6 Å². The summed E-state index contributed by atoms with van der Waals surface area (Å²) in [5, 5.41) is 0. The van der Waals surface area contributed by atoms with Gasteiger partial charge in [0.05, 0.1) is 0 Å². The van der Waals surface area contributed by atoms with E-state index < -0.39 is 0 Å². The highest BCUT2D eigenvalue weighted by molar-refractivity contribution is 14.0. The first-order chi connectivity index (χ1) is 12.7. The quantitative estimate of drug-likeness (QED) is 0.393. The summed E-state index contributed by atoms with van der Waals surface area (Å²) in [5.74, 6) is 1.28. The van der Waals surface area contributed by atoms with E-state index >= 15 is 0 Å². The van der Waals surface area contributed by atoms with Gasteiger partial charge in [-0.25, -0.2) is 4.39 Å². The fraction of sp³-hybridized carbons (Fsp3) is 0.650. The summed E-state index contributed by atoms with van der Waals surface area (Å²) in [7, 11) is 0. The van der Waals surface area contributed by atoms with Gasteiger partial charge < -0.3 is 20.4 Å². The summed E-state index contributed by atoms with van der Waals surface area (Å²) in [4.78, 5) is 11.6. The summed E-state index contributed by atoms with van der Waals surface area (Å²) in [6.07, 6.45) is 3.73. The molecule has 1 aromatic carbocycles. The van der Waals surface area contributed by atoms with Gasteiger partial charge in [0.1, 0.15) is 5.82 Å². The average molecular weight is 489 g/mol. The topological polar surface area (TPSA) is 48.1 Å². The fourth-order valence-corrected chi connectivity index (χ4v) is 3.90. The molecule has 0 aromatic heterocycles. The number of nitrogens with zero attached hydrogens (tertiary/aromatic N) is 4. The van der Waals surface area contributed by atoms with Crippen LogP contribution in [-0.4, -0.2) is 68.1 Å². The van der Waals surface area contributed by atoms with E-state index in [9.17, 15) is 4.39 Å². The number of nitrogens with two attached hydrogens (primary N) is 1. The molecular weight excluding hydrogens is 456 g/mol. The van der Waals surface area contributed by atoms with Crippen LogP contribution in [0, 0.1) is 11.7 Å². The Morgan fingerprint density at radius 2 is 1.70 bits per heavy atom. The molecule has 2 N–H and O–H groups in total. The number of aliphatic imine (C=N–C) groups is 1. The lowest BCUT2D eigenvalue weighted by molar-refractivity contribution is 0.188. The number of likely N-dealkylation sites (tertiary alicyclic amines) is 1. The van der Waals surface area contributed by atoms with Crippen LogP contribution in [0.15, 0.2) is 29.3 Å². The Hall–Kier alpha value is -1.09. The van der Waals surface area contributed by atoms with Gasteiger partial charge in [-0.05, 0) is 69.1 Å². The zero-order chi connectivity index (χ0) is 18.4. The van der Waals surface area contributed by atoms with E-state index in [1.807, 2.05) is 12.1 Å². The molecule has 0 unspecified atom stereocenters. The molecule has 0 atom stereocenters. The van der Waals surface area contributed by atoms with Crippen molar-refractivity contribution in [2.75, 3.05) is 57.3 Å². The molecule has 0 bridgehead atoms. The second-order valence-corrected chi connectivity index (χ2v) is 7.36. The minimum Gasteiger partial charge on any atom is -0.370 e. The molecule has 3 rings (SSSR count). The number of rotatable bonds is 5. The van der Waals surface area contributed by atoms with Gasteiger partial charge in [0.15, 0.2) is 5.96 Å². The summed E-state index contributed by atoms with van der Waals surface area (Å²) in [6.45, 7) is 10.2. The molecule has 27 heavy (non-hydrogen) atoms. The van der Waals surface area contributed by atoms with Crippen LogP contribution >= 0.6 is 24.0 Å². The summed E-state index contributed by atoms with van der Waals surface area (Å²) in [6, 6.07) is 6.71. The van der Waals surface area contributed by atoms with Crippen molar-refractivity contribution in [2.24, 2.45) is 16.6 Å².